The SMILES string of the molecule is COC(=O)c1c(C=C2CCN(C(=O)OC(C)(C)C)CC2)cc(OC)cc1OC. The first kappa shape index (κ1) is 21.6. The first-order chi connectivity index (χ1) is 13.2. The van der Waals surface area contributed by atoms with Crippen LogP contribution in [0.5, 0.6) is 11.5 Å². The fraction of sp³-hybridized carbons (Fsp3) is 0.524. The smallest absolute Gasteiger partial charge is 0.410 e. The number of esters is 1. The molecule has 28 heavy (non-hydrogen) atoms. The van der Waals surface area contributed by atoms with Crippen molar-refractivity contribution in [3.05, 3.63) is 28.8 Å². The van der Waals surface area contributed by atoms with Crippen LogP contribution >= 0.6 is 0 Å². The molecular formula is C21H29NO6. The fourth-order valence-electron chi connectivity index (χ4n) is 2.99. The minimum absolute atomic E-state index is 0.301. The summed E-state index contributed by atoms with van der Waals surface area (Å²) in [7, 11) is 4.39. The molecule has 1 aliphatic rings. The molecule has 0 spiro atoms. The molecule has 1 fully saturated rings. The Bertz CT molecular complexity index is 753. The molecular weight excluding hydrogens is 362 g/mol. The highest BCUT2D eigenvalue weighted by Crippen LogP contribution is 2.32. The minimum atomic E-state index is -0.514. The molecule has 0 aromatic heterocycles. The Morgan fingerprint density at radius 3 is 2.18 bits per heavy atom. The Hall–Kier alpha value is -2.70. The number of benzene rings is 1. The predicted octanol–water partition coefficient (Wildman–Crippen LogP) is 3.90. The van der Waals surface area contributed by atoms with Crippen LogP contribution in [0.3, 0.4) is 0 Å². The molecule has 0 bridgehead atoms. The van der Waals surface area contributed by atoms with Crippen molar-refractivity contribution < 1.29 is 28.5 Å². The maximum Gasteiger partial charge on any atom is 0.410 e. The van der Waals surface area contributed by atoms with Crippen molar-refractivity contribution in [2.45, 2.75) is 39.2 Å². The highest BCUT2D eigenvalue weighted by molar-refractivity contribution is 5.97. The van der Waals surface area contributed by atoms with Gasteiger partial charge in [-0.3, -0.25) is 0 Å². The van der Waals surface area contributed by atoms with E-state index in [1.165, 1.54) is 14.2 Å². The first-order valence-corrected chi connectivity index (χ1v) is 9.20. The van der Waals surface area contributed by atoms with Crippen LogP contribution in [0.15, 0.2) is 17.7 Å². The average molecular weight is 391 g/mol. The Morgan fingerprint density at radius 2 is 1.68 bits per heavy atom. The summed E-state index contributed by atoms with van der Waals surface area (Å²) in [5, 5.41) is 0. The molecule has 7 nitrogen and oxygen atoms in total. The summed E-state index contributed by atoms with van der Waals surface area (Å²) in [6.45, 7) is 6.69. The van der Waals surface area contributed by atoms with E-state index in [0.29, 0.717) is 48.6 Å². The number of rotatable bonds is 4. The van der Waals surface area contributed by atoms with Crippen LogP contribution in [-0.4, -0.2) is 57.0 Å². The third-order valence-electron chi connectivity index (χ3n) is 4.37. The second kappa shape index (κ2) is 8.99. The zero-order valence-electron chi connectivity index (χ0n) is 17.5. The van der Waals surface area contributed by atoms with E-state index in [1.54, 1.807) is 24.1 Å². The zero-order chi connectivity index (χ0) is 20.9. The van der Waals surface area contributed by atoms with E-state index in [9.17, 15) is 9.59 Å². The molecule has 1 aromatic rings. The summed E-state index contributed by atoms with van der Waals surface area (Å²) < 4.78 is 21.0. The van der Waals surface area contributed by atoms with E-state index in [-0.39, 0.29) is 6.09 Å². The van der Waals surface area contributed by atoms with E-state index in [1.807, 2.05) is 26.8 Å². The Labute approximate surface area is 166 Å². The third-order valence-corrected chi connectivity index (χ3v) is 4.37. The van der Waals surface area contributed by atoms with E-state index < -0.39 is 11.6 Å². The molecule has 0 N–H and O–H groups in total. The predicted molar refractivity (Wildman–Crippen MR) is 106 cm³/mol. The van der Waals surface area contributed by atoms with Crippen molar-refractivity contribution in [3.8, 4) is 11.5 Å². The quantitative estimate of drug-likeness (QED) is 0.725. The van der Waals surface area contributed by atoms with E-state index in [2.05, 4.69) is 0 Å². The van der Waals surface area contributed by atoms with Gasteiger partial charge in [0.1, 0.15) is 22.7 Å². The fourth-order valence-corrected chi connectivity index (χ4v) is 2.99. The topological polar surface area (TPSA) is 74.3 Å². The van der Waals surface area contributed by atoms with Gasteiger partial charge in [-0.1, -0.05) is 11.6 Å². The van der Waals surface area contributed by atoms with Crippen LogP contribution in [0.25, 0.3) is 6.08 Å². The lowest BCUT2D eigenvalue weighted by molar-refractivity contribution is 0.0236. The molecule has 7 heteroatoms. The number of piperidine rings is 1. The van der Waals surface area contributed by atoms with Crippen LogP contribution in [0.2, 0.25) is 0 Å². The summed E-state index contributed by atoms with van der Waals surface area (Å²) in [4.78, 5) is 26.2. The number of methoxy groups -OCH3 is 3. The molecule has 1 aromatic carbocycles. The Kier molecular flexibility index (Phi) is 6.94. The first-order valence-electron chi connectivity index (χ1n) is 9.20. The molecule has 1 amide bonds. The van der Waals surface area contributed by atoms with Crippen molar-refractivity contribution in [3.63, 3.8) is 0 Å². The van der Waals surface area contributed by atoms with Gasteiger partial charge in [0.25, 0.3) is 0 Å². The number of hydrogen-bond acceptors (Lipinski definition) is 6. The van der Waals surface area contributed by atoms with E-state index in [4.69, 9.17) is 18.9 Å². The summed E-state index contributed by atoms with van der Waals surface area (Å²) in [5.74, 6) is 0.504. The number of likely N-dealkylation sites (tertiary alicyclic amines) is 1. The zero-order valence-corrected chi connectivity index (χ0v) is 17.5. The molecule has 154 valence electrons. The Morgan fingerprint density at radius 1 is 1.04 bits per heavy atom. The second-order valence-electron chi connectivity index (χ2n) is 7.56. The van der Waals surface area contributed by atoms with Gasteiger partial charge in [-0.25, -0.2) is 9.59 Å². The number of carbonyl (C=O) groups excluding carboxylic acids is 2. The molecule has 2 rings (SSSR count). The normalized spacial score (nSPS) is 14.4. The molecule has 1 aliphatic heterocycles. The molecule has 0 radical (unpaired) electrons. The van der Waals surface area contributed by atoms with Crippen molar-refractivity contribution in [1.82, 2.24) is 4.90 Å². The van der Waals surface area contributed by atoms with Gasteiger partial charge in [-0.2, -0.15) is 0 Å². The van der Waals surface area contributed by atoms with Crippen molar-refractivity contribution in [1.29, 1.82) is 0 Å². The van der Waals surface area contributed by atoms with Gasteiger partial charge in [0.05, 0.1) is 21.3 Å². The Balaban J connectivity index is 2.24. The van der Waals surface area contributed by atoms with Gasteiger partial charge in [0, 0.05) is 19.2 Å². The lowest BCUT2D eigenvalue weighted by Gasteiger charge is -2.31. The van der Waals surface area contributed by atoms with Gasteiger partial charge in [0.15, 0.2) is 0 Å². The van der Waals surface area contributed by atoms with Crippen LogP contribution in [0.4, 0.5) is 4.79 Å². The molecule has 1 saturated heterocycles. The number of amides is 1. The third kappa shape index (κ3) is 5.41. The van der Waals surface area contributed by atoms with Crippen LogP contribution in [0, 0.1) is 0 Å². The molecule has 1 heterocycles. The monoisotopic (exact) mass is 391 g/mol. The van der Waals surface area contributed by atoms with Crippen LogP contribution in [0.1, 0.15) is 49.5 Å². The lowest BCUT2D eigenvalue weighted by Crippen LogP contribution is -2.40. The maximum absolute atomic E-state index is 12.3. The van der Waals surface area contributed by atoms with E-state index >= 15 is 0 Å². The van der Waals surface area contributed by atoms with Gasteiger partial charge in [-0.05, 0) is 45.2 Å². The summed E-state index contributed by atoms with van der Waals surface area (Å²) in [6.07, 6.45) is 3.03. The maximum atomic E-state index is 12.3. The van der Waals surface area contributed by atoms with Crippen molar-refractivity contribution >= 4 is 18.1 Å². The largest absolute Gasteiger partial charge is 0.497 e. The number of hydrogen-bond donors (Lipinski definition) is 0. The van der Waals surface area contributed by atoms with Gasteiger partial charge >= 0.3 is 12.1 Å². The van der Waals surface area contributed by atoms with E-state index in [0.717, 1.165) is 5.57 Å². The summed E-state index contributed by atoms with van der Waals surface area (Å²) in [5.41, 5.74) is 1.64. The summed E-state index contributed by atoms with van der Waals surface area (Å²) in [6, 6.07) is 3.43. The molecule has 0 saturated carbocycles. The molecule has 0 aliphatic carbocycles. The van der Waals surface area contributed by atoms with Crippen LogP contribution < -0.4 is 9.47 Å². The highest BCUT2D eigenvalue weighted by Gasteiger charge is 2.25. The number of nitrogens with zero attached hydrogens (tertiary/aromatic N) is 1. The van der Waals surface area contributed by atoms with Gasteiger partial charge in [-0.15, -0.1) is 0 Å². The standard InChI is InChI=1S/C21H29NO6/c1-21(2,3)28-20(24)22-9-7-14(8-10-22)11-15-12-16(25-4)13-17(26-5)18(15)19(23)27-6/h11-13H,7-10H2,1-6H3. The lowest BCUT2D eigenvalue weighted by atomic mass is 9.97. The minimum Gasteiger partial charge on any atom is -0.497 e. The molecule has 0 unspecified atom stereocenters. The second-order valence-corrected chi connectivity index (χ2v) is 7.56. The summed E-state index contributed by atoms with van der Waals surface area (Å²) >= 11 is 0. The van der Waals surface area contributed by atoms with Crippen molar-refractivity contribution in [2.75, 3.05) is 34.4 Å². The van der Waals surface area contributed by atoms with Gasteiger partial charge in [0.2, 0.25) is 0 Å². The average Bonchev–Trinajstić information content (AvgIpc) is 2.65. The highest BCUT2D eigenvalue weighted by atomic mass is 16.6. The number of ether oxygens (including phenoxy) is 4. The van der Waals surface area contributed by atoms with Crippen molar-refractivity contribution in [2.24, 2.45) is 0 Å². The number of carbonyl (C=O) groups is 2. The van der Waals surface area contributed by atoms with Gasteiger partial charge < -0.3 is 23.8 Å². The van der Waals surface area contributed by atoms with Crippen LogP contribution in [-0.2, 0) is 9.47 Å². The molecule has 0 atom stereocenters.